The van der Waals surface area contributed by atoms with Gasteiger partial charge < -0.3 is 9.84 Å². The molecule has 21 heavy (non-hydrogen) atoms. The topological polar surface area (TPSA) is 45.6 Å². The molecule has 0 aliphatic carbocycles. The third-order valence-electron chi connectivity index (χ3n) is 3.08. The second-order valence-electron chi connectivity index (χ2n) is 4.62. The second kappa shape index (κ2) is 7.93. The molecule has 1 N–H and O–H groups in total. The Balaban J connectivity index is 2.07. The predicted molar refractivity (Wildman–Crippen MR) is 86.7 cm³/mol. The zero-order valence-electron chi connectivity index (χ0n) is 12.2. The van der Waals surface area contributed by atoms with Crippen LogP contribution in [0.3, 0.4) is 0 Å². The second-order valence-corrected chi connectivity index (χ2v) is 5.48. The van der Waals surface area contributed by atoms with Crippen molar-refractivity contribution in [3.05, 3.63) is 48.0 Å². The van der Waals surface area contributed by atoms with Crippen LogP contribution in [-0.2, 0) is 6.54 Å². The molecule has 1 heterocycles. The van der Waals surface area contributed by atoms with Crippen LogP contribution in [0.2, 0.25) is 0 Å². The molecule has 0 aliphatic heterocycles. The first kappa shape index (κ1) is 15.7. The minimum absolute atomic E-state index is 0.142. The Morgan fingerprint density at radius 2 is 2.14 bits per heavy atom. The van der Waals surface area contributed by atoms with E-state index in [0.29, 0.717) is 6.54 Å². The molecular formula is C16H20N2O2S. The highest BCUT2D eigenvalue weighted by atomic mass is 32.1. The largest absolute Gasteiger partial charge is 0.497 e. The molecule has 0 fully saturated rings. The fourth-order valence-electron chi connectivity index (χ4n) is 2.03. The normalized spacial score (nSPS) is 10.8. The quantitative estimate of drug-likeness (QED) is 0.762. The molecule has 0 amide bonds. The van der Waals surface area contributed by atoms with Crippen LogP contribution in [0.15, 0.2) is 42.3 Å². The highest BCUT2D eigenvalue weighted by Crippen LogP contribution is 2.26. The van der Waals surface area contributed by atoms with E-state index in [4.69, 9.17) is 9.84 Å². The van der Waals surface area contributed by atoms with E-state index >= 15 is 0 Å². The van der Waals surface area contributed by atoms with Gasteiger partial charge in [0.1, 0.15) is 10.8 Å². The van der Waals surface area contributed by atoms with Crippen molar-refractivity contribution in [2.75, 3.05) is 26.8 Å². The van der Waals surface area contributed by atoms with Crippen LogP contribution in [0.5, 0.6) is 5.75 Å². The number of hydrogen-bond donors (Lipinski definition) is 1. The van der Waals surface area contributed by atoms with Crippen molar-refractivity contribution >= 4 is 11.3 Å². The Hall–Kier alpha value is -1.69. The van der Waals surface area contributed by atoms with E-state index in [0.717, 1.165) is 35.1 Å². The van der Waals surface area contributed by atoms with E-state index in [1.807, 2.05) is 30.3 Å². The standard InChI is InChI=1S/C16H20N2O2S/c1-3-8-18(9-10-19)11-14-12-21-16(17-14)13-4-6-15(20-2)7-5-13/h3-7,12,19H,1,8-11H2,2H3. The van der Waals surface area contributed by atoms with Gasteiger partial charge in [0.15, 0.2) is 0 Å². The molecule has 1 aromatic heterocycles. The molecule has 0 spiro atoms. The molecule has 112 valence electrons. The molecular weight excluding hydrogens is 284 g/mol. The number of rotatable bonds is 8. The fraction of sp³-hybridized carbons (Fsp3) is 0.312. The lowest BCUT2D eigenvalue weighted by Crippen LogP contribution is -2.26. The molecule has 0 bridgehead atoms. The van der Waals surface area contributed by atoms with Crippen LogP contribution in [0.25, 0.3) is 10.6 Å². The lowest BCUT2D eigenvalue weighted by atomic mass is 10.2. The van der Waals surface area contributed by atoms with Gasteiger partial charge in [0.05, 0.1) is 19.4 Å². The van der Waals surface area contributed by atoms with E-state index in [9.17, 15) is 0 Å². The molecule has 4 nitrogen and oxygen atoms in total. The smallest absolute Gasteiger partial charge is 0.123 e. The van der Waals surface area contributed by atoms with Crippen molar-refractivity contribution in [2.24, 2.45) is 0 Å². The first-order chi connectivity index (χ1) is 10.3. The summed E-state index contributed by atoms with van der Waals surface area (Å²) in [5.41, 5.74) is 2.10. The molecule has 0 unspecified atom stereocenters. The number of aromatic nitrogens is 1. The highest BCUT2D eigenvalue weighted by molar-refractivity contribution is 7.13. The third kappa shape index (κ3) is 4.39. The minimum atomic E-state index is 0.142. The van der Waals surface area contributed by atoms with Crippen LogP contribution in [-0.4, -0.2) is 41.8 Å². The van der Waals surface area contributed by atoms with Gasteiger partial charge in [0, 0.05) is 30.6 Å². The van der Waals surface area contributed by atoms with Crippen molar-refractivity contribution in [3.63, 3.8) is 0 Å². The Labute approximate surface area is 129 Å². The fourth-order valence-corrected chi connectivity index (χ4v) is 2.85. The van der Waals surface area contributed by atoms with Gasteiger partial charge in [-0.1, -0.05) is 6.08 Å². The van der Waals surface area contributed by atoms with E-state index in [2.05, 4.69) is 21.8 Å². The number of hydrogen-bond acceptors (Lipinski definition) is 5. The molecule has 2 rings (SSSR count). The van der Waals surface area contributed by atoms with Crippen molar-refractivity contribution < 1.29 is 9.84 Å². The number of thiazole rings is 1. The molecule has 0 saturated carbocycles. The van der Waals surface area contributed by atoms with Gasteiger partial charge in [-0.2, -0.15) is 0 Å². The summed E-state index contributed by atoms with van der Waals surface area (Å²) < 4.78 is 5.16. The number of nitrogens with zero attached hydrogens (tertiary/aromatic N) is 2. The number of methoxy groups -OCH3 is 1. The molecule has 5 heteroatoms. The monoisotopic (exact) mass is 304 g/mol. The van der Waals surface area contributed by atoms with Gasteiger partial charge in [-0.3, -0.25) is 4.90 Å². The summed E-state index contributed by atoms with van der Waals surface area (Å²) in [6.07, 6.45) is 1.84. The number of benzene rings is 1. The first-order valence-corrected chi connectivity index (χ1v) is 7.67. The zero-order chi connectivity index (χ0) is 15.1. The zero-order valence-corrected chi connectivity index (χ0v) is 13.0. The van der Waals surface area contributed by atoms with Crippen molar-refractivity contribution in [2.45, 2.75) is 6.54 Å². The van der Waals surface area contributed by atoms with E-state index in [1.54, 1.807) is 18.4 Å². The number of ether oxygens (including phenoxy) is 1. The van der Waals surface area contributed by atoms with Crippen LogP contribution < -0.4 is 4.74 Å². The van der Waals surface area contributed by atoms with E-state index in [1.165, 1.54) is 0 Å². The summed E-state index contributed by atoms with van der Waals surface area (Å²) in [6.45, 7) is 5.98. The SMILES string of the molecule is C=CCN(CCO)Cc1csc(-c2ccc(OC)cc2)n1. The van der Waals surface area contributed by atoms with E-state index in [-0.39, 0.29) is 6.61 Å². The van der Waals surface area contributed by atoms with Crippen molar-refractivity contribution in [1.82, 2.24) is 9.88 Å². The highest BCUT2D eigenvalue weighted by Gasteiger charge is 2.09. The van der Waals surface area contributed by atoms with Gasteiger partial charge in [-0.05, 0) is 24.3 Å². The average Bonchev–Trinajstić information content (AvgIpc) is 2.96. The molecule has 0 radical (unpaired) electrons. The summed E-state index contributed by atoms with van der Waals surface area (Å²) >= 11 is 1.63. The van der Waals surface area contributed by atoms with Crippen molar-refractivity contribution in [3.8, 4) is 16.3 Å². The maximum Gasteiger partial charge on any atom is 0.123 e. The molecule has 0 saturated heterocycles. The summed E-state index contributed by atoms with van der Waals surface area (Å²) in [4.78, 5) is 6.77. The lowest BCUT2D eigenvalue weighted by Gasteiger charge is -2.17. The summed E-state index contributed by atoms with van der Waals surface area (Å²) in [7, 11) is 1.66. The van der Waals surface area contributed by atoms with Crippen LogP contribution in [0.1, 0.15) is 5.69 Å². The minimum Gasteiger partial charge on any atom is -0.497 e. The Kier molecular flexibility index (Phi) is 5.92. The first-order valence-electron chi connectivity index (χ1n) is 6.79. The maximum absolute atomic E-state index is 9.07. The Morgan fingerprint density at radius 3 is 2.76 bits per heavy atom. The van der Waals surface area contributed by atoms with Gasteiger partial charge in [-0.15, -0.1) is 17.9 Å². The maximum atomic E-state index is 9.07. The third-order valence-corrected chi connectivity index (χ3v) is 4.02. The number of aliphatic hydroxyl groups is 1. The van der Waals surface area contributed by atoms with Gasteiger partial charge >= 0.3 is 0 Å². The van der Waals surface area contributed by atoms with Crippen LogP contribution >= 0.6 is 11.3 Å². The molecule has 0 aliphatic rings. The van der Waals surface area contributed by atoms with Gasteiger partial charge in [0.25, 0.3) is 0 Å². The molecule has 1 aromatic carbocycles. The molecule has 0 atom stereocenters. The number of aliphatic hydroxyl groups excluding tert-OH is 1. The van der Waals surface area contributed by atoms with Crippen molar-refractivity contribution in [1.29, 1.82) is 0 Å². The van der Waals surface area contributed by atoms with Crippen LogP contribution in [0, 0.1) is 0 Å². The van der Waals surface area contributed by atoms with Gasteiger partial charge in [0.2, 0.25) is 0 Å². The van der Waals surface area contributed by atoms with Gasteiger partial charge in [-0.25, -0.2) is 4.98 Å². The Bertz CT molecular complexity index is 566. The van der Waals surface area contributed by atoms with E-state index < -0.39 is 0 Å². The summed E-state index contributed by atoms with van der Waals surface area (Å²) in [6, 6.07) is 7.89. The summed E-state index contributed by atoms with van der Waals surface area (Å²) in [5, 5.41) is 12.1. The van der Waals surface area contributed by atoms with Crippen LogP contribution in [0.4, 0.5) is 0 Å². The predicted octanol–water partition coefficient (Wildman–Crippen LogP) is 2.80. The Morgan fingerprint density at radius 1 is 1.38 bits per heavy atom. The molecule has 2 aromatic rings. The lowest BCUT2D eigenvalue weighted by molar-refractivity contribution is 0.202. The summed E-state index contributed by atoms with van der Waals surface area (Å²) in [5.74, 6) is 0.843. The average molecular weight is 304 g/mol.